The fourth-order valence-electron chi connectivity index (χ4n) is 3.36. The average Bonchev–Trinajstić information content (AvgIpc) is 3.40. The normalized spacial score (nSPS) is 11.8. The van der Waals surface area contributed by atoms with E-state index >= 15 is 0 Å². The van der Waals surface area contributed by atoms with Crippen LogP contribution in [0, 0.1) is 0 Å². The molecule has 1 aromatic heterocycles. The number of anilines is 2. The number of hydrogen-bond acceptors (Lipinski definition) is 9. The van der Waals surface area contributed by atoms with Crippen molar-refractivity contribution in [2.75, 3.05) is 24.3 Å². The van der Waals surface area contributed by atoms with E-state index in [1.807, 2.05) is 18.2 Å². The molecule has 1 atom stereocenters. The SMILES string of the molecule is COc1ccc(NC(=O)c2csc(NC(=O)[C@H](CCCCNS(N)(=O)=O)NC(=O)OCc3ccccc3)n2)cc1. The molecule has 0 aliphatic heterocycles. The number of thiazole rings is 1. The van der Waals surface area contributed by atoms with Gasteiger partial charge in [0.15, 0.2) is 5.13 Å². The Labute approximate surface area is 235 Å². The van der Waals surface area contributed by atoms with Crippen LogP contribution in [-0.2, 0) is 26.3 Å². The van der Waals surface area contributed by atoms with Crippen molar-refractivity contribution in [2.45, 2.75) is 31.9 Å². The van der Waals surface area contributed by atoms with Crippen LogP contribution in [0.25, 0.3) is 0 Å². The smallest absolute Gasteiger partial charge is 0.408 e. The van der Waals surface area contributed by atoms with E-state index in [0.717, 1.165) is 16.9 Å². The lowest BCUT2D eigenvalue weighted by atomic mass is 10.1. The molecule has 3 amide bonds. The van der Waals surface area contributed by atoms with Crippen molar-refractivity contribution in [2.24, 2.45) is 5.14 Å². The van der Waals surface area contributed by atoms with Gasteiger partial charge in [-0.25, -0.2) is 19.6 Å². The maximum atomic E-state index is 13.0. The van der Waals surface area contributed by atoms with E-state index in [0.29, 0.717) is 24.3 Å². The van der Waals surface area contributed by atoms with Crippen LogP contribution in [0.15, 0.2) is 60.0 Å². The molecule has 1 heterocycles. The quantitative estimate of drug-likeness (QED) is 0.177. The lowest BCUT2D eigenvalue weighted by molar-refractivity contribution is -0.118. The van der Waals surface area contributed by atoms with Crippen LogP contribution >= 0.6 is 11.3 Å². The third-order valence-corrected chi connectivity index (χ3v) is 6.72. The monoisotopic (exact) mass is 590 g/mol. The van der Waals surface area contributed by atoms with Crippen molar-refractivity contribution >= 4 is 50.3 Å². The molecule has 0 spiro atoms. The van der Waals surface area contributed by atoms with Gasteiger partial charge >= 0.3 is 6.09 Å². The molecular weight excluding hydrogens is 560 g/mol. The van der Waals surface area contributed by atoms with Gasteiger partial charge in [-0.05, 0) is 49.1 Å². The second kappa shape index (κ2) is 14.9. The second-order valence-electron chi connectivity index (χ2n) is 8.40. The summed E-state index contributed by atoms with van der Waals surface area (Å²) in [5.74, 6) is -0.402. The summed E-state index contributed by atoms with van der Waals surface area (Å²) in [6.07, 6.45) is 0.126. The number of carbonyl (C=O) groups excluding carboxylic acids is 3. The van der Waals surface area contributed by atoms with Crippen LogP contribution in [0.4, 0.5) is 15.6 Å². The summed E-state index contributed by atoms with van der Waals surface area (Å²) in [6, 6.07) is 14.8. The minimum Gasteiger partial charge on any atom is -0.497 e. The molecule has 0 saturated heterocycles. The molecule has 15 heteroatoms. The number of ether oxygens (including phenoxy) is 2. The minimum absolute atomic E-state index is 0.0123. The number of nitrogens with one attached hydrogen (secondary N) is 4. The van der Waals surface area contributed by atoms with Gasteiger partial charge in [0.1, 0.15) is 24.1 Å². The Morgan fingerprint density at radius 3 is 2.42 bits per heavy atom. The van der Waals surface area contributed by atoms with E-state index in [1.165, 1.54) is 12.5 Å². The molecule has 6 N–H and O–H groups in total. The zero-order chi connectivity index (χ0) is 29.0. The highest BCUT2D eigenvalue weighted by molar-refractivity contribution is 7.87. The highest BCUT2D eigenvalue weighted by Crippen LogP contribution is 2.19. The predicted molar refractivity (Wildman–Crippen MR) is 150 cm³/mol. The maximum absolute atomic E-state index is 13.0. The van der Waals surface area contributed by atoms with E-state index in [9.17, 15) is 22.8 Å². The first-order chi connectivity index (χ1) is 19.1. The van der Waals surface area contributed by atoms with Gasteiger partial charge in [-0.15, -0.1) is 11.3 Å². The number of hydrogen-bond donors (Lipinski definition) is 5. The number of unbranched alkanes of at least 4 members (excludes halogenated alkanes) is 1. The largest absolute Gasteiger partial charge is 0.497 e. The number of benzene rings is 2. The number of carbonyl (C=O) groups is 3. The van der Waals surface area contributed by atoms with Crippen molar-refractivity contribution in [1.29, 1.82) is 0 Å². The van der Waals surface area contributed by atoms with Gasteiger partial charge in [-0.2, -0.15) is 8.42 Å². The van der Waals surface area contributed by atoms with Crippen LogP contribution in [0.3, 0.4) is 0 Å². The second-order valence-corrected chi connectivity index (χ2v) is 10.6. The molecule has 3 aromatic rings. The minimum atomic E-state index is -3.83. The third kappa shape index (κ3) is 10.6. The molecule has 0 radical (unpaired) electrons. The third-order valence-electron chi connectivity index (χ3n) is 5.36. The zero-order valence-corrected chi connectivity index (χ0v) is 23.2. The van der Waals surface area contributed by atoms with Gasteiger partial charge in [0.2, 0.25) is 5.91 Å². The predicted octanol–water partition coefficient (Wildman–Crippen LogP) is 2.60. The Morgan fingerprint density at radius 2 is 1.75 bits per heavy atom. The number of rotatable bonds is 14. The average molecular weight is 591 g/mol. The van der Waals surface area contributed by atoms with Crippen molar-refractivity contribution in [3.63, 3.8) is 0 Å². The Hall–Kier alpha value is -4.05. The summed E-state index contributed by atoms with van der Waals surface area (Å²) >= 11 is 1.04. The first-order valence-corrected chi connectivity index (χ1v) is 14.5. The van der Waals surface area contributed by atoms with Crippen LogP contribution in [0.5, 0.6) is 5.75 Å². The van der Waals surface area contributed by atoms with Gasteiger partial charge in [-0.3, -0.25) is 9.59 Å². The first-order valence-electron chi connectivity index (χ1n) is 12.1. The Bertz CT molecular complexity index is 1380. The van der Waals surface area contributed by atoms with E-state index in [-0.39, 0.29) is 30.4 Å². The Kier molecular flexibility index (Phi) is 11.4. The van der Waals surface area contributed by atoms with Crippen LogP contribution < -0.4 is 30.5 Å². The molecule has 13 nitrogen and oxygen atoms in total. The Morgan fingerprint density at radius 1 is 1.02 bits per heavy atom. The number of amides is 3. The van der Waals surface area contributed by atoms with Crippen molar-refractivity contribution in [1.82, 2.24) is 15.0 Å². The molecule has 0 aliphatic rings. The lowest BCUT2D eigenvalue weighted by Crippen LogP contribution is -2.44. The molecule has 214 valence electrons. The highest BCUT2D eigenvalue weighted by atomic mass is 32.2. The topological polar surface area (TPSA) is 191 Å². The van der Waals surface area contributed by atoms with Gasteiger partial charge in [0.25, 0.3) is 16.1 Å². The Balaban J connectivity index is 1.58. The lowest BCUT2D eigenvalue weighted by Gasteiger charge is -2.17. The van der Waals surface area contributed by atoms with Gasteiger partial charge in [-0.1, -0.05) is 30.3 Å². The van der Waals surface area contributed by atoms with Gasteiger partial charge in [0, 0.05) is 17.6 Å². The maximum Gasteiger partial charge on any atom is 0.408 e. The first kappa shape index (κ1) is 30.5. The molecule has 3 rings (SSSR count). The van der Waals surface area contributed by atoms with E-state index in [4.69, 9.17) is 14.6 Å². The van der Waals surface area contributed by atoms with Crippen molar-refractivity contribution in [3.8, 4) is 5.75 Å². The molecule has 0 saturated carbocycles. The van der Waals surface area contributed by atoms with Crippen molar-refractivity contribution in [3.05, 3.63) is 71.2 Å². The van der Waals surface area contributed by atoms with Crippen LogP contribution in [-0.4, -0.2) is 51.0 Å². The number of aromatic nitrogens is 1. The summed E-state index contributed by atoms with van der Waals surface area (Å²) in [4.78, 5) is 42.2. The summed E-state index contributed by atoms with van der Waals surface area (Å²) in [7, 11) is -2.29. The van der Waals surface area contributed by atoms with Gasteiger partial charge in [0.05, 0.1) is 7.11 Å². The highest BCUT2D eigenvalue weighted by Gasteiger charge is 2.23. The van der Waals surface area contributed by atoms with Crippen molar-refractivity contribution < 1.29 is 32.3 Å². The van der Waals surface area contributed by atoms with Crippen LogP contribution in [0.2, 0.25) is 0 Å². The molecule has 0 fully saturated rings. The molecule has 0 unspecified atom stereocenters. The molecule has 0 aliphatic carbocycles. The number of nitrogens with zero attached hydrogens (tertiary/aromatic N) is 1. The summed E-state index contributed by atoms with van der Waals surface area (Å²) < 4.78 is 34.6. The fraction of sp³-hybridized carbons (Fsp3) is 0.280. The van der Waals surface area contributed by atoms with E-state index in [1.54, 1.807) is 36.4 Å². The fourth-order valence-corrected chi connectivity index (χ4v) is 4.48. The molecular formula is C25H30N6O7S2. The zero-order valence-electron chi connectivity index (χ0n) is 21.6. The van der Waals surface area contributed by atoms with E-state index < -0.39 is 34.2 Å². The summed E-state index contributed by atoms with van der Waals surface area (Å²) in [6.45, 7) is 0.0865. The summed E-state index contributed by atoms with van der Waals surface area (Å²) in [5.41, 5.74) is 1.41. The standard InChI is InChI=1S/C25H30N6O7S2/c1-37-19-12-10-18(11-13-19)28-23(33)21-16-39-24(29-21)31-22(32)20(9-5-6-14-27-40(26,35)36)30-25(34)38-15-17-7-3-2-4-8-17/h2-4,7-8,10-13,16,20,27H,5-6,9,14-15H2,1H3,(H,28,33)(H,30,34)(H2,26,35,36)(H,29,31,32)/t20-/m0/s1. The number of nitrogens with two attached hydrogens (primary N) is 1. The molecule has 2 aromatic carbocycles. The molecule has 40 heavy (non-hydrogen) atoms. The number of methoxy groups -OCH3 is 1. The van der Waals surface area contributed by atoms with E-state index in [2.05, 4.69) is 25.7 Å². The molecule has 0 bridgehead atoms. The number of alkyl carbamates (subject to hydrolysis) is 1. The van der Waals surface area contributed by atoms with Gasteiger partial charge < -0.3 is 25.4 Å². The summed E-state index contributed by atoms with van der Waals surface area (Å²) in [5, 5.41) is 14.4. The van der Waals surface area contributed by atoms with Crippen LogP contribution in [0.1, 0.15) is 35.3 Å².